The number of halogens is 1. The van der Waals surface area contributed by atoms with Gasteiger partial charge in [0.2, 0.25) is 0 Å². The molecule has 0 aromatic heterocycles. The van der Waals surface area contributed by atoms with Crippen LogP contribution in [0.4, 0.5) is 4.39 Å². The minimum atomic E-state index is -0.243. The van der Waals surface area contributed by atoms with Gasteiger partial charge in [0.1, 0.15) is 11.6 Å². The van der Waals surface area contributed by atoms with E-state index in [1.807, 2.05) is 36.4 Å². The molecule has 0 radical (unpaired) electrons. The van der Waals surface area contributed by atoms with Crippen molar-refractivity contribution < 1.29 is 13.9 Å². The summed E-state index contributed by atoms with van der Waals surface area (Å²) in [4.78, 5) is 0. The molecule has 0 aliphatic carbocycles. The van der Waals surface area contributed by atoms with E-state index in [1.165, 1.54) is 12.1 Å². The van der Waals surface area contributed by atoms with Crippen LogP contribution < -0.4 is 4.74 Å². The zero-order valence-corrected chi connectivity index (χ0v) is 11.6. The van der Waals surface area contributed by atoms with Crippen LogP contribution in [0, 0.1) is 5.82 Å². The molecule has 0 unspecified atom stereocenters. The molecule has 2 aromatic rings. The standard InChI is InChI=1S/C17H17FO2/c1-19-12-15-7-4-6-14(17(15)20-2)10-9-13-5-3-8-16(18)11-13/h3-11H,12H2,1-2H3/b10-9+. The van der Waals surface area contributed by atoms with Crippen molar-refractivity contribution in [2.45, 2.75) is 6.61 Å². The fraction of sp³-hybridized carbons (Fsp3) is 0.176. The van der Waals surface area contributed by atoms with Gasteiger partial charge in [0.25, 0.3) is 0 Å². The Labute approximate surface area is 118 Å². The number of rotatable bonds is 5. The Bertz CT molecular complexity index is 606. The summed E-state index contributed by atoms with van der Waals surface area (Å²) in [7, 11) is 3.28. The number of ether oxygens (including phenoxy) is 2. The molecule has 3 heteroatoms. The maximum atomic E-state index is 13.1. The van der Waals surface area contributed by atoms with Gasteiger partial charge in [-0.25, -0.2) is 4.39 Å². The van der Waals surface area contributed by atoms with Gasteiger partial charge in [-0.1, -0.05) is 42.5 Å². The largest absolute Gasteiger partial charge is 0.496 e. The first-order chi connectivity index (χ1) is 9.74. The van der Waals surface area contributed by atoms with E-state index in [9.17, 15) is 4.39 Å². The number of methoxy groups -OCH3 is 2. The Hall–Kier alpha value is -2.13. The Balaban J connectivity index is 2.31. The molecule has 0 heterocycles. The van der Waals surface area contributed by atoms with Crippen molar-refractivity contribution >= 4 is 12.2 Å². The highest BCUT2D eigenvalue weighted by molar-refractivity contribution is 5.73. The normalized spacial score (nSPS) is 10.9. The molecule has 0 N–H and O–H groups in total. The van der Waals surface area contributed by atoms with Crippen molar-refractivity contribution in [3.05, 3.63) is 65.0 Å². The summed E-state index contributed by atoms with van der Waals surface area (Å²) in [6, 6.07) is 12.3. The lowest BCUT2D eigenvalue weighted by Gasteiger charge is -2.10. The van der Waals surface area contributed by atoms with Crippen molar-refractivity contribution in [2.24, 2.45) is 0 Å². The lowest BCUT2D eigenvalue weighted by Crippen LogP contribution is -1.95. The van der Waals surface area contributed by atoms with Crippen LogP contribution in [-0.2, 0) is 11.3 Å². The van der Waals surface area contributed by atoms with Gasteiger partial charge in [0.15, 0.2) is 0 Å². The molecule has 2 nitrogen and oxygen atoms in total. The maximum Gasteiger partial charge on any atom is 0.131 e. The minimum Gasteiger partial charge on any atom is -0.496 e. The van der Waals surface area contributed by atoms with Crippen LogP contribution in [0.15, 0.2) is 42.5 Å². The number of hydrogen-bond donors (Lipinski definition) is 0. The first-order valence-corrected chi connectivity index (χ1v) is 6.33. The van der Waals surface area contributed by atoms with Crippen LogP contribution in [-0.4, -0.2) is 14.2 Å². The SMILES string of the molecule is COCc1cccc(/C=C/c2cccc(F)c2)c1OC. The maximum absolute atomic E-state index is 13.1. The predicted octanol–water partition coefficient (Wildman–Crippen LogP) is 4.15. The number of para-hydroxylation sites is 1. The lowest BCUT2D eigenvalue weighted by atomic mass is 10.1. The summed E-state index contributed by atoms with van der Waals surface area (Å²) in [5.41, 5.74) is 2.73. The van der Waals surface area contributed by atoms with Crippen molar-refractivity contribution in [1.82, 2.24) is 0 Å². The second kappa shape index (κ2) is 6.87. The summed E-state index contributed by atoms with van der Waals surface area (Å²) in [5, 5.41) is 0. The van der Waals surface area contributed by atoms with E-state index in [2.05, 4.69) is 0 Å². The van der Waals surface area contributed by atoms with Gasteiger partial charge in [-0.15, -0.1) is 0 Å². The van der Waals surface area contributed by atoms with Crippen LogP contribution in [0.5, 0.6) is 5.75 Å². The first kappa shape index (κ1) is 14.3. The minimum absolute atomic E-state index is 0.243. The quantitative estimate of drug-likeness (QED) is 0.761. The van der Waals surface area contributed by atoms with Gasteiger partial charge in [-0.2, -0.15) is 0 Å². The Morgan fingerprint density at radius 2 is 1.85 bits per heavy atom. The molecule has 2 rings (SSSR count). The van der Waals surface area contributed by atoms with E-state index >= 15 is 0 Å². The van der Waals surface area contributed by atoms with Crippen LogP contribution in [0.1, 0.15) is 16.7 Å². The fourth-order valence-corrected chi connectivity index (χ4v) is 2.05. The van der Waals surface area contributed by atoms with E-state index in [4.69, 9.17) is 9.47 Å². The van der Waals surface area contributed by atoms with Crippen LogP contribution in [0.3, 0.4) is 0 Å². The van der Waals surface area contributed by atoms with E-state index in [1.54, 1.807) is 20.3 Å². The highest BCUT2D eigenvalue weighted by atomic mass is 19.1. The Morgan fingerprint density at radius 3 is 2.55 bits per heavy atom. The molecular formula is C17H17FO2. The average molecular weight is 272 g/mol. The summed E-state index contributed by atoms with van der Waals surface area (Å²) in [6.07, 6.45) is 3.77. The summed E-state index contributed by atoms with van der Waals surface area (Å²) in [5.74, 6) is 0.536. The zero-order valence-electron chi connectivity index (χ0n) is 11.6. The third-order valence-electron chi connectivity index (χ3n) is 2.94. The molecule has 0 atom stereocenters. The molecule has 0 amide bonds. The van der Waals surface area contributed by atoms with E-state index < -0.39 is 0 Å². The van der Waals surface area contributed by atoms with Crippen molar-refractivity contribution in [3.63, 3.8) is 0 Å². The van der Waals surface area contributed by atoms with Crippen LogP contribution in [0.25, 0.3) is 12.2 Å². The molecule has 20 heavy (non-hydrogen) atoms. The molecule has 0 bridgehead atoms. The highest BCUT2D eigenvalue weighted by Gasteiger charge is 2.06. The zero-order chi connectivity index (χ0) is 14.4. The molecule has 0 saturated heterocycles. The van der Waals surface area contributed by atoms with E-state index in [-0.39, 0.29) is 5.82 Å². The highest BCUT2D eigenvalue weighted by Crippen LogP contribution is 2.26. The molecule has 104 valence electrons. The lowest BCUT2D eigenvalue weighted by molar-refractivity contribution is 0.181. The van der Waals surface area contributed by atoms with Gasteiger partial charge in [-0.05, 0) is 17.7 Å². The van der Waals surface area contributed by atoms with Gasteiger partial charge in [-0.3, -0.25) is 0 Å². The van der Waals surface area contributed by atoms with Gasteiger partial charge in [0.05, 0.1) is 13.7 Å². The van der Waals surface area contributed by atoms with Gasteiger partial charge < -0.3 is 9.47 Å². The fourth-order valence-electron chi connectivity index (χ4n) is 2.05. The van der Waals surface area contributed by atoms with Crippen LogP contribution >= 0.6 is 0 Å². The van der Waals surface area contributed by atoms with Crippen molar-refractivity contribution in [1.29, 1.82) is 0 Å². The molecule has 0 aliphatic heterocycles. The third kappa shape index (κ3) is 3.45. The van der Waals surface area contributed by atoms with Gasteiger partial charge in [0, 0.05) is 18.2 Å². The van der Waals surface area contributed by atoms with E-state index in [0.717, 1.165) is 22.4 Å². The Morgan fingerprint density at radius 1 is 1.05 bits per heavy atom. The number of benzene rings is 2. The average Bonchev–Trinajstić information content (AvgIpc) is 2.45. The number of hydrogen-bond acceptors (Lipinski definition) is 2. The molecule has 2 aromatic carbocycles. The first-order valence-electron chi connectivity index (χ1n) is 6.33. The summed E-state index contributed by atoms with van der Waals surface area (Å²) in [6.45, 7) is 0.491. The van der Waals surface area contributed by atoms with Crippen molar-refractivity contribution in [2.75, 3.05) is 14.2 Å². The molecule has 0 fully saturated rings. The van der Waals surface area contributed by atoms with Gasteiger partial charge >= 0.3 is 0 Å². The molecular weight excluding hydrogens is 255 g/mol. The second-order valence-corrected chi connectivity index (χ2v) is 4.36. The smallest absolute Gasteiger partial charge is 0.131 e. The summed E-state index contributed by atoms with van der Waals surface area (Å²) >= 11 is 0. The monoisotopic (exact) mass is 272 g/mol. The third-order valence-corrected chi connectivity index (χ3v) is 2.94. The predicted molar refractivity (Wildman–Crippen MR) is 79.0 cm³/mol. The molecule has 0 saturated carbocycles. The topological polar surface area (TPSA) is 18.5 Å². The Kier molecular flexibility index (Phi) is 4.91. The molecule has 0 aliphatic rings. The second-order valence-electron chi connectivity index (χ2n) is 4.36. The van der Waals surface area contributed by atoms with E-state index in [0.29, 0.717) is 6.61 Å². The van der Waals surface area contributed by atoms with Crippen LogP contribution in [0.2, 0.25) is 0 Å². The summed E-state index contributed by atoms with van der Waals surface area (Å²) < 4.78 is 23.7. The van der Waals surface area contributed by atoms with Crippen molar-refractivity contribution in [3.8, 4) is 5.75 Å². The molecule has 0 spiro atoms.